The standard InChI is InChI=1S/C12H13BrClN3O2S/c13-11-3-2-10(14)8-12(11)20(18,19)16-4-1-6-17-7-5-15-9-17/h2-3,5,7-9,16H,1,4,6H2. The third-order valence-corrected chi connectivity index (χ3v) is 5.32. The summed E-state index contributed by atoms with van der Waals surface area (Å²) in [5.41, 5.74) is 0. The number of hydrogen-bond acceptors (Lipinski definition) is 3. The van der Waals surface area contributed by atoms with Gasteiger partial charge in [-0.3, -0.25) is 0 Å². The van der Waals surface area contributed by atoms with Crippen molar-refractivity contribution in [3.8, 4) is 0 Å². The van der Waals surface area contributed by atoms with Gasteiger partial charge in [-0.05, 0) is 40.5 Å². The molecule has 0 aliphatic heterocycles. The highest BCUT2D eigenvalue weighted by Gasteiger charge is 2.17. The first-order valence-electron chi connectivity index (χ1n) is 5.89. The van der Waals surface area contributed by atoms with Crippen molar-refractivity contribution < 1.29 is 8.42 Å². The molecule has 5 nitrogen and oxygen atoms in total. The Morgan fingerprint density at radius 2 is 2.20 bits per heavy atom. The topological polar surface area (TPSA) is 64.0 Å². The predicted octanol–water partition coefficient (Wildman–Crippen LogP) is 2.67. The van der Waals surface area contributed by atoms with E-state index in [0.29, 0.717) is 29.0 Å². The van der Waals surface area contributed by atoms with Gasteiger partial charge in [0.15, 0.2) is 0 Å². The Labute approximate surface area is 131 Å². The Morgan fingerprint density at radius 3 is 2.90 bits per heavy atom. The summed E-state index contributed by atoms with van der Waals surface area (Å²) in [4.78, 5) is 4.07. The maximum Gasteiger partial charge on any atom is 0.241 e. The van der Waals surface area contributed by atoms with E-state index < -0.39 is 10.0 Å². The number of sulfonamides is 1. The maximum absolute atomic E-state index is 12.1. The van der Waals surface area contributed by atoms with Gasteiger partial charge in [-0.25, -0.2) is 18.1 Å². The average Bonchev–Trinajstić information content (AvgIpc) is 2.90. The highest BCUT2D eigenvalue weighted by atomic mass is 79.9. The van der Waals surface area contributed by atoms with Crippen molar-refractivity contribution in [1.29, 1.82) is 0 Å². The van der Waals surface area contributed by atoms with Crippen molar-refractivity contribution in [3.05, 3.63) is 46.4 Å². The smallest absolute Gasteiger partial charge is 0.241 e. The van der Waals surface area contributed by atoms with Crippen molar-refractivity contribution in [3.63, 3.8) is 0 Å². The number of nitrogens with one attached hydrogen (secondary N) is 1. The van der Waals surface area contributed by atoms with Crippen molar-refractivity contribution in [2.24, 2.45) is 0 Å². The molecule has 0 unspecified atom stereocenters. The van der Waals surface area contributed by atoms with Crippen molar-refractivity contribution >= 4 is 37.6 Å². The Kier molecular flexibility index (Phi) is 5.20. The normalized spacial score (nSPS) is 11.7. The quantitative estimate of drug-likeness (QED) is 0.786. The number of benzene rings is 1. The molecule has 0 aliphatic rings. The Balaban J connectivity index is 1.95. The fraction of sp³-hybridized carbons (Fsp3) is 0.250. The highest BCUT2D eigenvalue weighted by Crippen LogP contribution is 2.25. The van der Waals surface area contributed by atoms with E-state index in [4.69, 9.17) is 11.6 Å². The number of nitrogens with zero attached hydrogens (tertiary/aromatic N) is 2. The van der Waals surface area contributed by atoms with Crippen LogP contribution in [0.15, 0.2) is 46.3 Å². The number of hydrogen-bond donors (Lipinski definition) is 1. The number of halogens is 2. The number of imidazole rings is 1. The van der Waals surface area contributed by atoms with Crippen LogP contribution in [0.5, 0.6) is 0 Å². The van der Waals surface area contributed by atoms with E-state index in [0.717, 1.165) is 0 Å². The maximum atomic E-state index is 12.1. The molecule has 1 N–H and O–H groups in total. The zero-order chi connectivity index (χ0) is 14.6. The number of aromatic nitrogens is 2. The van der Waals surface area contributed by atoms with Crippen LogP contribution in [0, 0.1) is 0 Å². The first kappa shape index (κ1) is 15.5. The van der Waals surface area contributed by atoms with E-state index in [2.05, 4.69) is 25.6 Å². The lowest BCUT2D eigenvalue weighted by Crippen LogP contribution is -2.25. The molecule has 0 saturated heterocycles. The fourth-order valence-electron chi connectivity index (χ4n) is 1.65. The Hall–Kier alpha value is -0.890. The molecule has 0 radical (unpaired) electrons. The summed E-state index contributed by atoms with van der Waals surface area (Å²) >= 11 is 9.04. The molecule has 108 valence electrons. The molecule has 0 atom stereocenters. The molecule has 0 amide bonds. The van der Waals surface area contributed by atoms with Gasteiger partial charge in [0.05, 0.1) is 11.2 Å². The highest BCUT2D eigenvalue weighted by molar-refractivity contribution is 9.10. The van der Waals surface area contributed by atoms with Crippen LogP contribution in [0.1, 0.15) is 6.42 Å². The predicted molar refractivity (Wildman–Crippen MR) is 81.2 cm³/mol. The van der Waals surface area contributed by atoms with Gasteiger partial charge in [0.25, 0.3) is 0 Å². The lowest BCUT2D eigenvalue weighted by atomic mass is 10.4. The molecule has 0 fully saturated rings. The monoisotopic (exact) mass is 377 g/mol. The summed E-state index contributed by atoms with van der Waals surface area (Å²) < 4.78 is 29.2. The molecule has 1 heterocycles. The van der Waals surface area contributed by atoms with Crippen LogP contribution in [0.25, 0.3) is 0 Å². The van der Waals surface area contributed by atoms with Gasteiger partial charge in [0.1, 0.15) is 0 Å². The fourth-order valence-corrected chi connectivity index (χ4v) is 3.95. The van der Waals surface area contributed by atoms with Crippen LogP contribution in [0.3, 0.4) is 0 Å². The largest absolute Gasteiger partial charge is 0.337 e. The zero-order valence-electron chi connectivity index (χ0n) is 10.5. The minimum atomic E-state index is -3.56. The van der Waals surface area contributed by atoms with Gasteiger partial charge in [0.2, 0.25) is 10.0 Å². The van der Waals surface area contributed by atoms with Crippen molar-refractivity contribution in [1.82, 2.24) is 14.3 Å². The molecule has 0 aliphatic carbocycles. The number of rotatable bonds is 6. The van der Waals surface area contributed by atoms with Crippen LogP contribution in [0.4, 0.5) is 0 Å². The van der Waals surface area contributed by atoms with Crippen LogP contribution < -0.4 is 4.72 Å². The second-order valence-corrected chi connectivity index (χ2v) is 7.15. The minimum absolute atomic E-state index is 0.146. The van der Waals surface area contributed by atoms with E-state index >= 15 is 0 Å². The van der Waals surface area contributed by atoms with E-state index in [1.165, 1.54) is 6.07 Å². The van der Waals surface area contributed by atoms with Gasteiger partial charge >= 0.3 is 0 Å². The zero-order valence-corrected chi connectivity index (χ0v) is 13.6. The first-order chi connectivity index (χ1) is 9.49. The summed E-state index contributed by atoms with van der Waals surface area (Å²) in [5, 5.41) is 0.381. The summed E-state index contributed by atoms with van der Waals surface area (Å²) in [6.07, 6.45) is 5.89. The van der Waals surface area contributed by atoms with Crippen LogP contribution in [-0.2, 0) is 16.6 Å². The lowest BCUT2D eigenvalue weighted by molar-refractivity contribution is 0.569. The first-order valence-corrected chi connectivity index (χ1v) is 8.55. The minimum Gasteiger partial charge on any atom is -0.337 e. The molecule has 0 bridgehead atoms. The molecule has 8 heteroatoms. The average molecular weight is 379 g/mol. The van der Waals surface area contributed by atoms with Gasteiger partial charge in [-0.2, -0.15) is 0 Å². The number of aryl methyl sites for hydroxylation is 1. The molecule has 2 aromatic rings. The van der Waals surface area contributed by atoms with Crippen molar-refractivity contribution in [2.45, 2.75) is 17.9 Å². The Bertz CT molecular complexity index is 674. The molecular weight excluding hydrogens is 366 g/mol. The Morgan fingerprint density at radius 1 is 1.40 bits per heavy atom. The van der Waals surface area contributed by atoms with Gasteiger partial charge in [-0.15, -0.1) is 0 Å². The van der Waals surface area contributed by atoms with E-state index in [1.54, 1.807) is 24.7 Å². The van der Waals surface area contributed by atoms with E-state index in [-0.39, 0.29) is 4.90 Å². The van der Waals surface area contributed by atoms with E-state index in [9.17, 15) is 8.42 Å². The lowest BCUT2D eigenvalue weighted by Gasteiger charge is -2.09. The van der Waals surface area contributed by atoms with Gasteiger partial charge in [0, 0.05) is 35.0 Å². The third-order valence-electron chi connectivity index (χ3n) is 2.63. The molecular formula is C12H13BrClN3O2S. The van der Waals surface area contributed by atoms with Crippen molar-refractivity contribution in [2.75, 3.05) is 6.54 Å². The molecule has 2 rings (SSSR count). The summed E-state index contributed by atoms with van der Waals surface area (Å²) in [6.45, 7) is 1.05. The molecule has 20 heavy (non-hydrogen) atoms. The summed E-state index contributed by atoms with van der Waals surface area (Å²) in [6, 6.07) is 4.66. The van der Waals surface area contributed by atoms with Gasteiger partial charge in [-0.1, -0.05) is 11.6 Å². The summed E-state index contributed by atoms with van der Waals surface area (Å²) in [5.74, 6) is 0. The van der Waals surface area contributed by atoms with E-state index in [1.807, 2.05) is 10.8 Å². The molecule has 0 saturated carbocycles. The molecule has 1 aromatic heterocycles. The second kappa shape index (κ2) is 6.71. The van der Waals surface area contributed by atoms with Crippen LogP contribution >= 0.6 is 27.5 Å². The third kappa shape index (κ3) is 4.05. The molecule has 1 aromatic carbocycles. The summed E-state index contributed by atoms with van der Waals surface area (Å²) in [7, 11) is -3.56. The van der Waals surface area contributed by atoms with Crippen LogP contribution in [0.2, 0.25) is 5.02 Å². The van der Waals surface area contributed by atoms with Gasteiger partial charge < -0.3 is 4.57 Å². The second-order valence-electron chi connectivity index (χ2n) is 4.13. The SMILES string of the molecule is O=S(=O)(NCCCn1ccnc1)c1cc(Cl)ccc1Br. The molecule has 0 spiro atoms. The van der Waals surface area contributed by atoms with Crippen LogP contribution in [-0.4, -0.2) is 24.5 Å².